The molecule has 0 aliphatic carbocycles. The number of nitro groups is 1. The van der Waals surface area contributed by atoms with Gasteiger partial charge in [0.25, 0.3) is 5.69 Å². The molecule has 0 aromatic heterocycles. The van der Waals surface area contributed by atoms with Gasteiger partial charge in [-0.2, -0.15) is 0 Å². The maximum Gasteiger partial charge on any atom is 0.270 e. The summed E-state index contributed by atoms with van der Waals surface area (Å²) >= 11 is 0. The first-order valence-corrected chi connectivity index (χ1v) is 10.4. The number of nitro benzene ring substituents is 1. The van der Waals surface area contributed by atoms with Gasteiger partial charge in [0, 0.05) is 46.9 Å². The van der Waals surface area contributed by atoms with E-state index in [1.54, 1.807) is 24.5 Å². The Bertz CT molecular complexity index is 910. The molecule has 24 heavy (non-hydrogen) atoms. The fourth-order valence-corrected chi connectivity index (χ4v) is 3.67. The molecule has 0 saturated carbocycles. The van der Waals surface area contributed by atoms with Crippen LogP contribution in [0.15, 0.2) is 47.4 Å². The normalized spacial score (nSPS) is 12.6. The number of rotatable bonds is 6. The number of non-ortho nitro benzene ring substituents is 1. The van der Waals surface area contributed by atoms with Crippen molar-refractivity contribution in [3.63, 3.8) is 0 Å². The van der Waals surface area contributed by atoms with Crippen LogP contribution in [0.25, 0.3) is 0 Å². The first-order valence-electron chi connectivity index (χ1n) is 6.81. The number of nitrogens with one attached hydrogen (secondary N) is 1. The van der Waals surface area contributed by atoms with Crippen LogP contribution in [0, 0.1) is 10.1 Å². The van der Waals surface area contributed by atoms with E-state index in [0.717, 1.165) is 17.9 Å². The van der Waals surface area contributed by atoms with Gasteiger partial charge in [0.1, 0.15) is 0 Å². The highest BCUT2D eigenvalue weighted by atomic mass is 32.2. The molecule has 1 unspecified atom stereocenters. The summed E-state index contributed by atoms with van der Waals surface area (Å²) in [4.78, 5) is 10.1. The summed E-state index contributed by atoms with van der Waals surface area (Å²) in [6.07, 6.45) is 2.59. The van der Waals surface area contributed by atoms with E-state index in [4.69, 9.17) is 0 Å². The molecule has 0 amide bonds. The van der Waals surface area contributed by atoms with Gasteiger partial charge in [-0.05, 0) is 23.8 Å². The summed E-state index contributed by atoms with van der Waals surface area (Å²) in [5, 5.41) is 13.8. The quantitative estimate of drug-likeness (QED) is 0.620. The molecule has 1 N–H and O–H groups in total. The van der Waals surface area contributed by atoms with Gasteiger partial charge in [0.05, 0.1) is 15.5 Å². The first kappa shape index (κ1) is 18.1. The van der Waals surface area contributed by atoms with E-state index in [9.17, 15) is 22.7 Å². The summed E-state index contributed by atoms with van der Waals surface area (Å²) in [5.41, 5.74) is 1.40. The molecule has 0 fully saturated rings. The Morgan fingerprint density at radius 3 is 2.50 bits per heavy atom. The maximum absolute atomic E-state index is 11.9. The van der Waals surface area contributed by atoms with E-state index >= 15 is 0 Å². The number of hydrogen-bond donors (Lipinski definition) is 1. The lowest BCUT2D eigenvalue weighted by atomic mass is 10.2. The largest absolute Gasteiger partial charge is 0.354 e. The van der Waals surface area contributed by atoms with Gasteiger partial charge >= 0.3 is 0 Å². The van der Waals surface area contributed by atoms with Crippen molar-refractivity contribution >= 4 is 37.7 Å². The van der Waals surface area contributed by atoms with Crippen molar-refractivity contribution < 1.29 is 17.6 Å². The molecular formula is C15H16N2O5S2. The molecular weight excluding hydrogens is 352 g/mol. The predicted molar refractivity (Wildman–Crippen MR) is 93.7 cm³/mol. The third-order valence-electron chi connectivity index (χ3n) is 3.15. The number of benzene rings is 2. The van der Waals surface area contributed by atoms with Crippen LogP contribution in [0.1, 0.15) is 5.56 Å². The van der Waals surface area contributed by atoms with E-state index in [0.29, 0.717) is 11.4 Å². The average Bonchev–Trinajstić information content (AvgIpc) is 2.46. The maximum atomic E-state index is 11.9. The summed E-state index contributed by atoms with van der Waals surface area (Å²) < 4.78 is 35.2. The minimum absolute atomic E-state index is 0.152. The van der Waals surface area contributed by atoms with Crippen molar-refractivity contribution in [2.45, 2.75) is 10.6 Å². The van der Waals surface area contributed by atoms with Crippen LogP contribution < -0.4 is 5.32 Å². The van der Waals surface area contributed by atoms with Crippen LogP contribution in [0.3, 0.4) is 0 Å². The number of anilines is 2. The van der Waals surface area contributed by atoms with Gasteiger partial charge < -0.3 is 5.32 Å². The molecule has 2 aromatic rings. The zero-order valence-corrected chi connectivity index (χ0v) is 14.7. The molecule has 128 valence electrons. The first-order chi connectivity index (χ1) is 11.2. The lowest BCUT2D eigenvalue weighted by Crippen LogP contribution is -2.04. The third kappa shape index (κ3) is 4.62. The van der Waals surface area contributed by atoms with Gasteiger partial charge in [0.15, 0.2) is 9.84 Å². The molecule has 0 heterocycles. The zero-order chi connectivity index (χ0) is 17.9. The Kier molecular flexibility index (Phi) is 5.35. The summed E-state index contributed by atoms with van der Waals surface area (Å²) in [7, 11) is -4.65. The Morgan fingerprint density at radius 1 is 1.21 bits per heavy atom. The molecule has 0 bridgehead atoms. The van der Waals surface area contributed by atoms with Crippen molar-refractivity contribution in [2.75, 3.05) is 17.8 Å². The Labute approximate surface area is 142 Å². The minimum atomic E-state index is -3.65. The molecule has 0 aliphatic rings. The highest BCUT2D eigenvalue weighted by Gasteiger charge is 2.18. The second kappa shape index (κ2) is 7.10. The Hall–Kier alpha value is -2.26. The zero-order valence-electron chi connectivity index (χ0n) is 13.1. The topological polar surface area (TPSA) is 106 Å². The predicted octanol–water partition coefficient (Wildman–Crippen LogP) is 2.62. The fourth-order valence-electron chi connectivity index (χ4n) is 2.16. The van der Waals surface area contributed by atoms with Crippen LogP contribution in [-0.4, -0.2) is 30.1 Å². The van der Waals surface area contributed by atoms with Gasteiger partial charge in [-0.15, -0.1) is 0 Å². The summed E-state index contributed by atoms with van der Waals surface area (Å²) in [6.45, 7) is 0. The van der Waals surface area contributed by atoms with Gasteiger partial charge in [-0.3, -0.25) is 14.3 Å². The molecule has 1 atom stereocenters. The van der Waals surface area contributed by atoms with Crippen LogP contribution >= 0.6 is 0 Å². The number of sulfone groups is 1. The molecule has 9 heteroatoms. The van der Waals surface area contributed by atoms with E-state index in [-0.39, 0.29) is 16.3 Å². The highest BCUT2D eigenvalue weighted by molar-refractivity contribution is 7.90. The highest BCUT2D eigenvalue weighted by Crippen LogP contribution is 2.29. The third-order valence-corrected chi connectivity index (χ3v) is 5.03. The number of nitrogens with zero attached hydrogens (tertiary/aromatic N) is 1. The lowest BCUT2D eigenvalue weighted by Gasteiger charge is -2.12. The number of hydrogen-bond acceptors (Lipinski definition) is 6. The van der Waals surface area contributed by atoms with Crippen molar-refractivity contribution in [3.05, 3.63) is 58.1 Å². The molecule has 0 radical (unpaired) electrons. The van der Waals surface area contributed by atoms with E-state index in [1.807, 2.05) is 6.07 Å². The molecule has 2 rings (SSSR count). The van der Waals surface area contributed by atoms with Crippen molar-refractivity contribution in [1.29, 1.82) is 0 Å². The summed E-state index contributed by atoms with van der Waals surface area (Å²) in [6, 6.07) is 10.7. The monoisotopic (exact) mass is 368 g/mol. The Balaban J connectivity index is 2.43. The minimum Gasteiger partial charge on any atom is -0.354 e. The SMILES string of the molecule is CS(=O)Cc1cccc(Nc2ccc([N+](=O)[O-])cc2S(C)(=O)=O)c1. The van der Waals surface area contributed by atoms with Crippen LogP contribution in [0.4, 0.5) is 17.1 Å². The Morgan fingerprint density at radius 2 is 1.92 bits per heavy atom. The van der Waals surface area contributed by atoms with E-state index in [2.05, 4.69) is 5.32 Å². The van der Waals surface area contributed by atoms with Crippen LogP contribution in [0.2, 0.25) is 0 Å². The van der Waals surface area contributed by atoms with Gasteiger partial charge in [-0.1, -0.05) is 12.1 Å². The van der Waals surface area contributed by atoms with E-state index < -0.39 is 25.6 Å². The van der Waals surface area contributed by atoms with Gasteiger partial charge in [0.2, 0.25) is 0 Å². The molecule has 0 spiro atoms. The van der Waals surface area contributed by atoms with Crippen molar-refractivity contribution in [3.8, 4) is 0 Å². The van der Waals surface area contributed by atoms with Crippen molar-refractivity contribution in [1.82, 2.24) is 0 Å². The second-order valence-electron chi connectivity index (χ2n) is 5.25. The molecule has 0 saturated heterocycles. The molecule has 0 aliphatic heterocycles. The lowest BCUT2D eigenvalue weighted by molar-refractivity contribution is -0.385. The van der Waals surface area contributed by atoms with Crippen molar-refractivity contribution in [2.24, 2.45) is 0 Å². The summed E-state index contributed by atoms with van der Waals surface area (Å²) in [5.74, 6) is 0.384. The second-order valence-corrected chi connectivity index (χ2v) is 8.67. The standard InChI is InChI=1S/C15H16N2O5S2/c1-23(20)10-11-4-3-5-12(8-11)16-14-7-6-13(17(18)19)9-15(14)24(2,21)22/h3-9,16H,10H2,1-2H3. The average molecular weight is 368 g/mol. The smallest absolute Gasteiger partial charge is 0.270 e. The van der Waals surface area contributed by atoms with Crippen LogP contribution in [0.5, 0.6) is 0 Å². The van der Waals surface area contributed by atoms with Gasteiger partial charge in [-0.25, -0.2) is 8.42 Å². The molecule has 7 nitrogen and oxygen atoms in total. The fraction of sp³-hybridized carbons (Fsp3) is 0.200. The molecule has 2 aromatic carbocycles. The van der Waals surface area contributed by atoms with Crippen LogP contribution in [-0.2, 0) is 26.4 Å². The van der Waals surface area contributed by atoms with E-state index in [1.165, 1.54) is 12.1 Å².